The van der Waals surface area contributed by atoms with E-state index in [9.17, 15) is 0 Å². The lowest BCUT2D eigenvalue weighted by atomic mass is 10.0. The molecule has 1 saturated heterocycles. The zero-order valence-electron chi connectivity index (χ0n) is 14.6. The number of likely N-dealkylation sites (tertiary alicyclic amines) is 1. The maximum Gasteiger partial charge on any atom is 0.119 e. The van der Waals surface area contributed by atoms with Gasteiger partial charge in [-0.2, -0.15) is 0 Å². The normalized spacial score (nSPS) is 18.6. The van der Waals surface area contributed by atoms with Crippen molar-refractivity contribution < 1.29 is 4.74 Å². The molecule has 1 N–H and O–H groups in total. The highest BCUT2D eigenvalue weighted by molar-refractivity contribution is 5.29. The maximum atomic E-state index is 6.01. The van der Waals surface area contributed by atoms with Crippen molar-refractivity contribution in [2.24, 2.45) is 0 Å². The number of rotatable bonds is 7. The summed E-state index contributed by atoms with van der Waals surface area (Å²) in [4.78, 5) is 2.52. The third kappa shape index (κ3) is 5.29. The van der Waals surface area contributed by atoms with Gasteiger partial charge in [0.05, 0.1) is 0 Å². The molecule has 1 aliphatic rings. The summed E-state index contributed by atoms with van der Waals surface area (Å²) in [5.41, 5.74) is 1.36. The minimum Gasteiger partial charge on any atom is -0.489 e. The second-order valence-electron chi connectivity index (χ2n) is 6.77. The smallest absolute Gasteiger partial charge is 0.119 e. The van der Waals surface area contributed by atoms with E-state index in [-0.39, 0.29) is 6.10 Å². The molecule has 22 heavy (non-hydrogen) atoms. The van der Waals surface area contributed by atoms with Crippen LogP contribution in [0, 0.1) is 0 Å². The molecule has 1 aromatic rings. The van der Waals surface area contributed by atoms with Gasteiger partial charge in [0.25, 0.3) is 0 Å². The fraction of sp³-hybridized carbons (Fsp3) is 0.684. The second kappa shape index (κ2) is 8.54. The largest absolute Gasteiger partial charge is 0.489 e. The summed E-state index contributed by atoms with van der Waals surface area (Å²) >= 11 is 0. The number of hydrogen-bond donors (Lipinski definition) is 1. The molecule has 1 aromatic carbocycles. The molecule has 0 aliphatic carbocycles. The first-order valence-electron chi connectivity index (χ1n) is 8.80. The summed E-state index contributed by atoms with van der Waals surface area (Å²) in [6, 6.07) is 9.16. The molecular weight excluding hydrogens is 272 g/mol. The first kappa shape index (κ1) is 17.3. The molecule has 1 atom stereocenters. The molecule has 1 aliphatic heterocycles. The van der Waals surface area contributed by atoms with Crippen molar-refractivity contribution in [3.8, 4) is 5.75 Å². The molecule has 1 unspecified atom stereocenters. The Hall–Kier alpha value is -1.06. The summed E-state index contributed by atoms with van der Waals surface area (Å²) in [6.07, 6.45) is 2.71. The highest BCUT2D eigenvalue weighted by Gasteiger charge is 2.18. The van der Waals surface area contributed by atoms with Gasteiger partial charge >= 0.3 is 0 Å². The Bertz CT molecular complexity index is 422. The van der Waals surface area contributed by atoms with Gasteiger partial charge in [0, 0.05) is 12.6 Å². The number of benzene rings is 1. The van der Waals surface area contributed by atoms with Crippen LogP contribution in [-0.2, 0) is 0 Å². The van der Waals surface area contributed by atoms with E-state index in [0.29, 0.717) is 12.0 Å². The fourth-order valence-corrected chi connectivity index (χ4v) is 2.99. The van der Waals surface area contributed by atoms with Crippen molar-refractivity contribution in [2.75, 3.05) is 26.2 Å². The average Bonchev–Trinajstić information content (AvgIpc) is 2.54. The van der Waals surface area contributed by atoms with Crippen LogP contribution in [0.15, 0.2) is 24.3 Å². The van der Waals surface area contributed by atoms with E-state index in [4.69, 9.17) is 4.74 Å². The molecule has 3 nitrogen and oxygen atoms in total. The number of piperidine rings is 1. The molecule has 1 heterocycles. The molecule has 3 heteroatoms. The molecule has 0 radical (unpaired) electrons. The van der Waals surface area contributed by atoms with Crippen LogP contribution >= 0.6 is 0 Å². The van der Waals surface area contributed by atoms with E-state index in [0.717, 1.165) is 12.3 Å². The van der Waals surface area contributed by atoms with Crippen molar-refractivity contribution in [1.29, 1.82) is 0 Å². The Balaban J connectivity index is 1.70. The molecule has 0 saturated carbocycles. The number of hydrogen-bond acceptors (Lipinski definition) is 3. The van der Waals surface area contributed by atoms with E-state index in [2.05, 4.69) is 62.2 Å². The van der Waals surface area contributed by atoms with Crippen LogP contribution < -0.4 is 10.1 Å². The fourth-order valence-electron chi connectivity index (χ4n) is 2.99. The summed E-state index contributed by atoms with van der Waals surface area (Å²) < 4.78 is 6.01. The van der Waals surface area contributed by atoms with E-state index in [1.54, 1.807) is 0 Å². The molecule has 1 fully saturated rings. The first-order chi connectivity index (χ1) is 10.6. The lowest BCUT2D eigenvalue weighted by Gasteiger charge is -2.32. The van der Waals surface area contributed by atoms with Crippen LogP contribution in [0.25, 0.3) is 0 Å². The minimum absolute atomic E-state index is 0.203. The topological polar surface area (TPSA) is 24.5 Å². The summed E-state index contributed by atoms with van der Waals surface area (Å²) in [6.45, 7) is 13.4. The van der Waals surface area contributed by atoms with Gasteiger partial charge in [-0.15, -0.1) is 0 Å². The Morgan fingerprint density at radius 2 is 1.77 bits per heavy atom. The summed E-state index contributed by atoms with van der Waals surface area (Å²) in [7, 11) is 0. The second-order valence-corrected chi connectivity index (χ2v) is 6.77. The van der Waals surface area contributed by atoms with Gasteiger partial charge in [0.1, 0.15) is 11.9 Å². The van der Waals surface area contributed by atoms with Crippen molar-refractivity contribution in [3.05, 3.63) is 29.8 Å². The van der Waals surface area contributed by atoms with Crippen LogP contribution in [0.4, 0.5) is 0 Å². The monoisotopic (exact) mass is 304 g/mol. The molecule has 2 rings (SSSR count). The SMILES string of the molecule is CCN1CCC(NCC(C)Oc2ccc(C(C)C)cc2)CC1. The Morgan fingerprint density at radius 1 is 1.14 bits per heavy atom. The predicted molar refractivity (Wildman–Crippen MR) is 93.8 cm³/mol. The predicted octanol–water partition coefficient (Wildman–Crippen LogP) is 3.65. The van der Waals surface area contributed by atoms with E-state index < -0.39 is 0 Å². The maximum absolute atomic E-state index is 6.01. The van der Waals surface area contributed by atoms with Crippen LogP contribution in [-0.4, -0.2) is 43.2 Å². The van der Waals surface area contributed by atoms with Crippen LogP contribution in [0.3, 0.4) is 0 Å². The lowest BCUT2D eigenvalue weighted by Crippen LogP contribution is -2.44. The van der Waals surface area contributed by atoms with E-state index in [1.807, 2.05) is 0 Å². The number of nitrogens with zero attached hydrogens (tertiary/aromatic N) is 1. The Morgan fingerprint density at radius 3 is 2.32 bits per heavy atom. The third-order valence-electron chi connectivity index (χ3n) is 4.61. The van der Waals surface area contributed by atoms with Gasteiger partial charge in [0.15, 0.2) is 0 Å². The minimum atomic E-state index is 0.203. The van der Waals surface area contributed by atoms with Gasteiger partial charge in [-0.3, -0.25) is 0 Å². The zero-order valence-corrected chi connectivity index (χ0v) is 14.6. The summed E-state index contributed by atoms with van der Waals surface area (Å²) in [5.74, 6) is 1.54. The molecule has 0 bridgehead atoms. The van der Waals surface area contributed by atoms with Crippen molar-refractivity contribution >= 4 is 0 Å². The molecule has 124 valence electrons. The standard InChI is InChI=1S/C19H32N2O/c1-5-21-12-10-18(11-13-21)20-14-16(4)22-19-8-6-17(7-9-19)15(2)3/h6-9,15-16,18,20H,5,10-14H2,1-4H3. The third-order valence-corrected chi connectivity index (χ3v) is 4.61. The molecule has 0 spiro atoms. The quantitative estimate of drug-likeness (QED) is 0.832. The molecule has 0 aromatic heterocycles. The Kier molecular flexibility index (Phi) is 6.71. The lowest BCUT2D eigenvalue weighted by molar-refractivity contribution is 0.178. The average molecular weight is 304 g/mol. The van der Waals surface area contributed by atoms with Crippen molar-refractivity contribution in [1.82, 2.24) is 10.2 Å². The highest BCUT2D eigenvalue weighted by Crippen LogP contribution is 2.19. The molecule has 0 amide bonds. The van der Waals surface area contributed by atoms with Crippen molar-refractivity contribution in [2.45, 2.75) is 58.6 Å². The van der Waals surface area contributed by atoms with Gasteiger partial charge in [-0.05, 0) is 63.0 Å². The van der Waals surface area contributed by atoms with E-state index in [1.165, 1.54) is 38.0 Å². The van der Waals surface area contributed by atoms with Crippen molar-refractivity contribution in [3.63, 3.8) is 0 Å². The molecular formula is C19H32N2O. The van der Waals surface area contributed by atoms with Gasteiger partial charge in [-0.1, -0.05) is 32.9 Å². The highest BCUT2D eigenvalue weighted by atomic mass is 16.5. The van der Waals surface area contributed by atoms with Gasteiger partial charge < -0.3 is 15.0 Å². The van der Waals surface area contributed by atoms with E-state index >= 15 is 0 Å². The number of ether oxygens (including phenoxy) is 1. The van der Waals surface area contributed by atoms with Gasteiger partial charge in [0.2, 0.25) is 0 Å². The summed E-state index contributed by atoms with van der Waals surface area (Å²) in [5, 5.41) is 3.66. The Labute approximate surface area is 136 Å². The van der Waals surface area contributed by atoms with Crippen LogP contribution in [0.1, 0.15) is 52.0 Å². The van der Waals surface area contributed by atoms with Crippen LogP contribution in [0.2, 0.25) is 0 Å². The first-order valence-corrected chi connectivity index (χ1v) is 8.80. The number of nitrogens with one attached hydrogen (secondary N) is 1. The van der Waals surface area contributed by atoms with Gasteiger partial charge in [-0.25, -0.2) is 0 Å². The zero-order chi connectivity index (χ0) is 15.9. The van der Waals surface area contributed by atoms with Crippen LogP contribution in [0.5, 0.6) is 5.75 Å².